The van der Waals surface area contributed by atoms with Crippen molar-refractivity contribution in [2.75, 3.05) is 26.9 Å². The van der Waals surface area contributed by atoms with Gasteiger partial charge in [0, 0.05) is 18.7 Å². The lowest BCUT2D eigenvalue weighted by atomic mass is 9.98. The summed E-state index contributed by atoms with van der Waals surface area (Å²) in [6, 6.07) is 20.7. The molecule has 5 aromatic rings. The van der Waals surface area contributed by atoms with Gasteiger partial charge < -0.3 is 30.0 Å². The van der Waals surface area contributed by atoms with E-state index in [0.29, 0.717) is 6.54 Å². The number of likely N-dealkylation sites (tertiary alicyclic amines) is 2. The molecule has 11 nitrogen and oxygen atoms in total. The summed E-state index contributed by atoms with van der Waals surface area (Å²) in [5.74, 6) is 1.44. The first-order valence-corrected chi connectivity index (χ1v) is 17.1. The minimum Gasteiger partial charge on any atom is -0.453 e. The van der Waals surface area contributed by atoms with Crippen LogP contribution >= 0.6 is 0 Å². The van der Waals surface area contributed by atoms with Crippen molar-refractivity contribution < 1.29 is 19.4 Å². The minimum absolute atomic E-state index is 0.0497. The molecule has 4 N–H and O–H groups in total. The average molecular weight is 662 g/mol. The molecule has 2 saturated heterocycles. The highest BCUT2D eigenvalue weighted by atomic mass is 16.5. The van der Waals surface area contributed by atoms with Crippen molar-refractivity contribution in [3.05, 3.63) is 84.7 Å². The number of ether oxygens (including phenoxy) is 1. The van der Waals surface area contributed by atoms with E-state index in [1.807, 2.05) is 36.0 Å². The first-order chi connectivity index (χ1) is 23.8. The van der Waals surface area contributed by atoms with Crippen molar-refractivity contribution in [3.63, 3.8) is 0 Å². The summed E-state index contributed by atoms with van der Waals surface area (Å²) in [5.41, 5.74) is 6.23. The number of alkyl carbamates (subject to hydrolysis) is 1. The minimum atomic E-state index is -0.670. The smallest absolute Gasteiger partial charge is 0.407 e. The van der Waals surface area contributed by atoms with Gasteiger partial charge in [-0.3, -0.25) is 9.69 Å². The molecule has 3 aromatic carbocycles. The summed E-state index contributed by atoms with van der Waals surface area (Å²) in [6.45, 7) is 5.38. The van der Waals surface area contributed by atoms with Crippen LogP contribution in [0.5, 0.6) is 0 Å². The number of nitrogens with one attached hydrogen (secondary N) is 3. The maximum absolute atomic E-state index is 13.5. The zero-order valence-corrected chi connectivity index (χ0v) is 28.1. The molecule has 7 rings (SSSR count). The largest absolute Gasteiger partial charge is 0.453 e. The molecule has 49 heavy (non-hydrogen) atoms. The Labute approximate surface area is 285 Å². The van der Waals surface area contributed by atoms with Crippen molar-refractivity contribution in [3.8, 4) is 33.6 Å². The molecule has 0 aliphatic carbocycles. The van der Waals surface area contributed by atoms with Crippen LogP contribution < -0.4 is 5.32 Å². The van der Waals surface area contributed by atoms with Gasteiger partial charge in [0.2, 0.25) is 5.91 Å². The topological polar surface area (TPSA) is 139 Å². The lowest BCUT2D eigenvalue weighted by molar-refractivity contribution is -0.135. The Morgan fingerprint density at radius 1 is 0.837 bits per heavy atom. The molecule has 2 unspecified atom stereocenters. The van der Waals surface area contributed by atoms with Gasteiger partial charge in [0.25, 0.3) is 0 Å². The molecule has 0 spiro atoms. The van der Waals surface area contributed by atoms with E-state index in [1.54, 1.807) is 0 Å². The molecule has 11 heteroatoms. The summed E-state index contributed by atoms with van der Waals surface area (Å²) >= 11 is 0. The monoisotopic (exact) mass is 661 g/mol. The summed E-state index contributed by atoms with van der Waals surface area (Å²) in [5, 5.41) is 14.6. The van der Waals surface area contributed by atoms with E-state index in [2.05, 4.69) is 80.9 Å². The molecule has 2 amide bonds. The number of H-pyrrole nitrogens is 2. The number of fused-ring (bicyclic) bond motifs is 1. The van der Waals surface area contributed by atoms with Gasteiger partial charge in [-0.1, -0.05) is 62.4 Å². The van der Waals surface area contributed by atoms with Crippen molar-refractivity contribution in [1.82, 2.24) is 35.1 Å². The number of hydrogen-bond acceptors (Lipinski definition) is 7. The number of aliphatic hydroxyl groups is 1. The van der Waals surface area contributed by atoms with E-state index < -0.39 is 12.1 Å². The number of rotatable bonds is 9. The van der Waals surface area contributed by atoms with Crippen LogP contribution in [0, 0.1) is 5.92 Å². The van der Waals surface area contributed by atoms with Crippen LogP contribution in [-0.2, 0) is 9.53 Å². The van der Waals surface area contributed by atoms with Gasteiger partial charge in [0.1, 0.15) is 17.7 Å². The number of aliphatic hydroxyl groups excluding tert-OH is 1. The Morgan fingerprint density at radius 2 is 1.41 bits per heavy atom. The van der Waals surface area contributed by atoms with Gasteiger partial charge in [-0.2, -0.15) is 0 Å². The van der Waals surface area contributed by atoms with Crippen molar-refractivity contribution in [1.29, 1.82) is 0 Å². The SMILES string of the molecule is COC(=O)N[C@H](C(=O)N1CCCC1c1ncc(-c2ccc3cc(-c4ccc(-c5cnc(C6CCCN6CO)[nH]5)cc4)ccc3c2)[nH]1)C(C)C. The highest BCUT2D eigenvalue weighted by Gasteiger charge is 2.37. The van der Waals surface area contributed by atoms with E-state index in [0.717, 1.165) is 88.3 Å². The van der Waals surface area contributed by atoms with Gasteiger partial charge in [-0.25, -0.2) is 14.8 Å². The molecule has 254 valence electrons. The van der Waals surface area contributed by atoms with E-state index in [4.69, 9.17) is 9.72 Å². The Kier molecular flexibility index (Phi) is 9.20. The highest BCUT2D eigenvalue weighted by molar-refractivity contribution is 5.91. The third-order valence-corrected chi connectivity index (χ3v) is 9.98. The summed E-state index contributed by atoms with van der Waals surface area (Å²) in [6.07, 6.45) is 6.83. The molecule has 4 heterocycles. The van der Waals surface area contributed by atoms with Crippen molar-refractivity contribution >= 4 is 22.8 Å². The molecule has 3 atom stereocenters. The van der Waals surface area contributed by atoms with E-state index in [1.165, 1.54) is 7.11 Å². The predicted molar refractivity (Wildman–Crippen MR) is 188 cm³/mol. The molecular weight excluding hydrogens is 618 g/mol. The van der Waals surface area contributed by atoms with Gasteiger partial charge in [0.05, 0.1) is 49.7 Å². The Balaban J connectivity index is 1.05. The van der Waals surface area contributed by atoms with Gasteiger partial charge in [-0.15, -0.1) is 0 Å². The zero-order valence-electron chi connectivity index (χ0n) is 28.1. The second-order valence-electron chi connectivity index (χ2n) is 13.4. The number of aromatic nitrogens is 4. The molecule has 0 saturated carbocycles. The van der Waals surface area contributed by atoms with Crippen LogP contribution in [0.2, 0.25) is 0 Å². The number of benzene rings is 3. The number of nitrogens with zero attached hydrogens (tertiary/aromatic N) is 4. The van der Waals surface area contributed by atoms with Crippen molar-refractivity contribution in [2.24, 2.45) is 5.92 Å². The molecule has 2 aliphatic rings. The Hall–Kier alpha value is -5.00. The maximum Gasteiger partial charge on any atom is 0.407 e. The third-order valence-electron chi connectivity index (χ3n) is 9.98. The molecule has 2 aliphatic heterocycles. The second kappa shape index (κ2) is 13.9. The van der Waals surface area contributed by atoms with E-state index in [-0.39, 0.29) is 30.6 Å². The number of imidazole rings is 2. The normalized spacial score (nSPS) is 18.8. The average Bonchev–Trinajstić information content (AvgIpc) is 3.96. The number of amides is 2. The zero-order chi connectivity index (χ0) is 34.1. The van der Waals surface area contributed by atoms with Crippen LogP contribution in [0.15, 0.2) is 73.1 Å². The van der Waals surface area contributed by atoms with Crippen molar-refractivity contribution in [2.45, 2.75) is 57.7 Å². The molecule has 0 bridgehead atoms. The number of carbonyl (C=O) groups excluding carboxylic acids is 2. The summed E-state index contributed by atoms with van der Waals surface area (Å²) < 4.78 is 4.76. The molecule has 0 radical (unpaired) electrons. The number of methoxy groups -OCH3 is 1. The van der Waals surface area contributed by atoms with Crippen LogP contribution in [0.1, 0.15) is 63.3 Å². The lowest BCUT2D eigenvalue weighted by Gasteiger charge is -2.30. The first-order valence-electron chi connectivity index (χ1n) is 17.1. The Bertz CT molecular complexity index is 1950. The quantitative estimate of drug-likeness (QED) is 0.143. The summed E-state index contributed by atoms with van der Waals surface area (Å²) in [4.78, 5) is 45.6. The van der Waals surface area contributed by atoms with Gasteiger partial charge in [-0.05, 0) is 71.2 Å². The second-order valence-corrected chi connectivity index (χ2v) is 13.4. The molecular formula is C38H43N7O4. The highest BCUT2D eigenvalue weighted by Crippen LogP contribution is 2.35. The number of hydrogen-bond donors (Lipinski definition) is 4. The molecule has 2 aromatic heterocycles. The van der Waals surface area contributed by atoms with Gasteiger partial charge in [0.15, 0.2) is 0 Å². The van der Waals surface area contributed by atoms with E-state index >= 15 is 0 Å². The predicted octanol–water partition coefficient (Wildman–Crippen LogP) is 6.42. The fourth-order valence-electron chi connectivity index (χ4n) is 7.24. The van der Waals surface area contributed by atoms with Gasteiger partial charge >= 0.3 is 6.09 Å². The Morgan fingerprint density at radius 3 is 2.08 bits per heavy atom. The molecule has 2 fully saturated rings. The van der Waals surface area contributed by atoms with Crippen LogP contribution in [-0.4, -0.2) is 79.8 Å². The summed E-state index contributed by atoms with van der Waals surface area (Å²) in [7, 11) is 1.30. The van der Waals surface area contributed by atoms with Crippen LogP contribution in [0.4, 0.5) is 4.79 Å². The standard InChI is InChI=1S/C38H43N7O4/c1-23(2)34(43-38(48)49-3)37(47)45-17-5-7-33(45)36-40-21-31(42-36)29-15-14-27-18-26(12-13-28(27)19-29)24-8-10-25(11-9-24)30-20-39-35(41-30)32-6-4-16-44(32)22-46/h8-15,18-21,23,32-34,46H,4-7,16-17,22H2,1-3H3,(H,39,41)(H,40,42)(H,43,48)/t32?,33?,34-/m0/s1. The third kappa shape index (κ3) is 6.56. The first kappa shape index (κ1) is 32.5. The number of aromatic amines is 2. The fourth-order valence-corrected chi connectivity index (χ4v) is 7.24. The van der Waals surface area contributed by atoms with Crippen LogP contribution in [0.25, 0.3) is 44.4 Å². The van der Waals surface area contributed by atoms with Crippen LogP contribution in [0.3, 0.4) is 0 Å². The lowest BCUT2D eigenvalue weighted by Crippen LogP contribution is -2.51. The number of carbonyl (C=O) groups is 2. The van der Waals surface area contributed by atoms with E-state index in [9.17, 15) is 14.7 Å². The maximum atomic E-state index is 13.5. The fraction of sp³-hybridized carbons (Fsp3) is 0.368.